The van der Waals surface area contributed by atoms with Crippen molar-refractivity contribution < 1.29 is 4.79 Å². The highest BCUT2D eigenvalue weighted by molar-refractivity contribution is 7.10. The van der Waals surface area contributed by atoms with E-state index in [0.29, 0.717) is 5.92 Å². The fraction of sp³-hybridized carbons (Fsp3) is 0.474. The van der Waals surface area contributed by atoms with Crippen LogP contribution >= 0.6 is 11.3 Å². The van der Waals surface area contributed by atoms with Crippen LogP contribution in [0.1, 0.15) is 44.5 Å². The smallest absolute Gasteiger partial charge is 0.227 e. The molecule has 2 aromatic rings. The Balaban J connectivity index is 1.65. The summed E-state index contributed by atoms with van der Waals surface area (Å²) < 4.78 is 0. The molecule has 3 rings (SSSR count). The molecule has 1 aromatic carbocycles. The van der Waals surface area contributed by atoms with Crippen LogP contribution in [0.3, 0.4) is 0 Å². The Morgan fingerprint density at radius 3 is 2.43 bits per heavy atom. The average molecular weight is 328 g/mol. The van der Waals surface area contributed by atoms with Crippen LogP contribution in [-0.4, -0.2) is 28.9 Å². The summed E-state index contributed by atoms with van der Waals surface area (Å²) in [6.45, 7) is 7.68. The van der Waals surface area contributed by atoms with Gasteiger partial charge in [0.25, 0.3) is 0 Å². The molecule has 1 aromatic heterocycles. The van der Waals surface area contributed by atoms with Crippen molar-refractivity contribution >= 4 is 17.2 Å². The van der Waals surface area contributed by atoms with Crippen LogP contribution in [0.4, 0.5) is 0 Å². The Labute approximate surface area is 142 Å². The third-order valence-corrected chi connectivity index (χ3v) is 5.37. The van der Waals surface area contributed by atoms with Gasteiger partial charge in [-0.15, -0.1) is 11.3 Å². The highest BCUT2D eigenvalue weighted by Crippen LogP contribution is 2.33. The summed E-state index contributed by atoms with van der Waals surface area (Å²) in [6.07, 6.45) is 2.03. The molecule has 1 amide bonds. The summed E-state index contributed by atoms with van der Waals surface area (Å²) in [7, 11) is 0. The van der Waals surface area contributed by atoms with Gasteiger partial charge in [0.15, 0.2) is 0 Å². The maximum absolute atomic E-state index is 12.4. The molecule has 122 valence electrons. The summed E-state index contributed by atoms with van der Waals surface area (Å²) in [5.74, 6) is 0.751. The van der Waals surface area contributed by atoms with Crippen molar-refractivity contribution in [2.45, 2.75) is 39.5 Å². The Morgan fingerprint density at radius 2 is 1.83 bits per heavy atom. The van der Waals surface area contributed by atoms with Crippen LogP contribution in [0.25, 0.3) is 11.3 Å². The van der Waals surface area contributed by atoms with Crippen LogP contribution < -0.4 is 0 Å². The van der Waals surface area contributed by atoms with Gasteiger partial charge in [-0.1, -0.05) is 51.1 Å². The Kier molecular flexibility index (Phi) is 4.53. The van der Waals surface area contributed by atoms with E-state index in [1.807, 2.05) is 43.9 Å². The Hall–Kier alpha value is -1.68. The lowest BCUT2D eigenvalue weighted by atomic mass is 9.91. The molecule has 3 nitrogen and oxygen atoms in total. The monoisotopic (exact) mass is 328 g/mol. The van der Waals surface area contributed by atoms with E-state index in [4.69, 9.17) is 4.98 Å². The second-order valence-corrected chi connectivity index (χ2v) is 8.14. The van der Waals surface area contributed by atoms with E-state index in [1.165, 1.54) is 10.6 Å². The van der Waals surface area contributed by atoms with Gasteiger partial charge in [0.05, 0.1) is 10.7 Å². The summed E-state index contributed by atoms with van der Waals surface area (Å²) >= 11 is 1.75. The first-order valence-electron chi connectivity index (χ1n) is 8.25. The lowest BCUT2D eigenvalue weighted by molar-refractivity contribution is -0.140. The molecule has 0 radical (unpaired) electrons. The zero-order valence-electron chi connectivity index (χ0n) is 14.1. The molecule has 0 spiro atoms. The van der Waals surface area contributed by atoms with E-state index in [2.05, 4.69) is 17.5 Å². The summed E-state index contributed by atoms with van der Waals surface area (Å²) in [6, 6.07) is 10.3. The van der Waals surface area contributed by atoms with Crippen LogP contribution in [-0.2, 0) is 4.79 Å². The minimum Gasteiger partial charge on any atom is -0.342 e. The molecule has 1 aliphatic rings. The third-order valence-electron chi connectivity index (χ3n) is 4.36. The van der Waals surface area contributed by atoms with Crippen molar-refractivity contribution in [2.24, 2.45) is 5.41 Å². The van der Waals surface area contributed by atoms with Crippen LogP contribution in [0.5, 0.6) is 0 Å². The maximum Gasteiger partial charge on any atom is 0.227 e. The number of thiazole rings is 1. The zero-order chi connectivity index (χ0) is 16.4. The van der Waals surface area contributed by atoms with Gasteiger partial charge < -0.3 is 4.90 Å². The predicted molar refractivity (Wildman–Crippen MR) is 95.6 cm³/mol. The van der Waals surface area contributed by atoms with Gasteiger partial charge in [-0.25, -0.2) is 4.98 Å². The lowest BCUT2D eigenvalue weighted by Crippen LogP contribution is -2.43. The molecule has 0 aliphatic carbocycles. The molecule has 0 bridgehead atoms. The van der Waals surface area contributed by atoms with Gasteiger partial charge in [0, 0.05) is 35.4 Å². The van der Waals surface area contributed by atoms with E-state index in [0.717, 1.165) is 31.6 Å². The van der Waals surface area contributed by atoms with Crippen molar-refractivity contribution in [1.29, 1.82) is 0 Å². The minimum atomic E-state index is -0.283. The second-order valence-electron chi connectivity index (χ2n) is 7.25. The van der Waals surface area contributed by atoms with E-state index in [-0.39, 0.29) is 11.3 Å². The van der Waals surface area contributed by atoms with Crippen LogP contribution in [0.15, 0.2) is 35.7 Å². The number of piperidine rings is 1. The minimum absolute atomic E-state index is 0.264. The van der Waals surface area contributed by atoms with E-state index < -0.39 is 0 Å². The van der Waals surface area contributed by atoms with Crippen LogP contribution in [0, 0.1) is 5.41 Å². The zero-order valence-corrected chi connectivity index (χ0v) is 14.9. The number of nitrogens with zero attached hydrogens (tertiary/aromatic N) is 2. The standard InChI is InChI=1S/C19H24N2OS/c1-19(2,3)18(22)21-11-9-15(10-12-21)17-20-16(13-23-17)14-7-5-4-6-8-14/h4-8,13,15H,9-12H2,1-3H3. The Morgan fingerprint density at radius 1 is 1.17 bits per heavy atom. The number of carbonyl (C=O) groups excluding carboxylic acids is 1. The van der Waals surface area contributed by atoms with Gasteiger partial charge in [-0.2, -0.15) is 0 Å². The highest BCUT2D eigenvalue weighted by atomic mass is 32.1. The number of benzene rings is 1. The van der Waals surface area contributed by atoms with Crippen molar-refractivity contribution in [3.05, 3.63) is 40.7 Å². The van der Waals surface area contributed by atoms with Gasteiger partial charge in [0.1, 0.15) is 0 Å². The summed E-state index contributed by atoms with van der Waals surface area (Å²) in [5, 5.41) is 3.36. The molecule has 0 atom stereocenters. The number of aromatic nitrogens is 1. The summed E-state index contributed by atoms with van der Waals surface area (Å²) in [5.41, 5.74) is 1.96. The van der Waals surface area contributed by atoms with Crippen LogP contribution in [0.2, 0.25) is 0 Å². The molecule has 1 fully saturated rings. The third kappa shape index (κ3) is 3.63. The predicted octanol–water partition coefficient (Wildman–Crippen LogP) is 4.56. The number of hydrogen-bond donors (Lipinski definition) is 0. The second kappa shape index (κ2) is 6.44. The van der Waals surface area contributed by atoms with E-state index >= 15 is 0 Å². The molecule has 4 heteroatoms. The quantitative estimate of drug-likeness (QED) is 0.809. The first-order valence-corrected chi connectivity index (χ1v) is 9.13. The first-order chi connectivity index (χ1) is 10.9. The van der Waals surface area contributed by atoms with E-state index in [1.54, 1.807) is 11.3 Å². The number of likely N-dealkylation sites (tertiary alicyclic amines) is 1. The molecule has 0 N–H and O–H groups in total. The van der Waals surface area contributed by atoms with Gasteiger partial charge in [0.2, 0.25) is 5.91 Å². The van der Waals surface area contributed by atoms with Crippen molar-refractivity contribution in [2.75, 3.05) is 13.1 Å². The molecule has 1 aliphatic heterocycles. The maximum atomic E-state index is 12.4. The normalized spacial score (nSPS) is 16.6. The average Bonchev–Trinajstić information content (AvgIpc) is 3.04. The molecule has 0 unspecified atom stereocenters. The SMILES string of the molecule is CC(C)(C)C(=O)N1CCC(c2nc(-c3ccccc3)cs2)CC1. The number of carbonyl (C=O) groups is 1. The number of rotatable bonds is 2. The number of amides is 1. The fourth-order valence-electron chi connectivity index (χ4n) is 3.02. The molecule has 23 heavy (non-hydrogen) atoms. The molecular formula is C19H24N2OS. The lowest BCUT2D eigenvalue weighted by Gasteiger charge is -2.35. The van der Waals surface area contributed by atoms with Crippen molar-refractivity contribution in [3.8, 4) is 11.3 Å². The Bertz CT molecular complexity index is 664. The van der Waals surface area contributed by atoms with Gasteiger partial charge in [-0.05, 0) is 12.8 Å². The van der Waals surface area contributed by atoms with Crippen molar-refractivity contribution in [3.63, 3.8) is 0 Å². The molecular weight excluding hydrogens is 304 g/mol. The fourth-order valence-corrected chi connectivity index (χ4v) is 4.02. The largest absolute Gasteiger partial charge is 0.342 e. The molecule has 1 saturated heterocycles. The molecule has 0 saturated carbocycles. The first kappa shape index (κ1) is 16.2. The summed E-state index contributed by atoms with van der Waals surface area (Å²) in [4.78, 5) is 19.2. The van der Waals surface area contributed by atoms with Gasteiger partial charge >= 0.3 is 0 Å². The number of hydrogen-bond acceptors (Lipinski definition) is 3. The van der Waals surface area contributed by atoms with Crippen molar-refractivity contribution in [1.82, 2.24) is 9.88 Å². The topological polar surface area (TPSA) is 33.2 Å². The van der Waals surface area contributed by atoms with Gasteiger partial charge in [-0.3, -0.25) is 4.79 Å². The molecule has 2 heterocycles. The highest BCUT2D eigenvalue weighted by Gasteiger charge is 2.31. The van der Waals surface area contributed by atoms with E-state index in [9.17, 15) is 4.79 Å².